The molecule has 2 aromatic rings. The average Bonchev–Trinajstić information content (AvgIpc) is 2.36. The lowest BCUT2D eigenvalue weighted by Gasteiger charge is -2.09. The number of aryl methyl sites for hydroxylation is 1. The molecule has 1 aromatic heterocycles. The number of nitrogens with zero attached hydrogens (tertiary/aromatic N) is 2. The van der Waals surface area contributed by atoms with Gasteiger partial charge >= 0.3 is 0 Å². The molecule has 0 aliphatic rings. The number of rotatable bonds is 4. The van der Waals surface area contributed by atoms with E-state index >= 15 is 0 Å². The molecule has 0 bridgehead atoms. The van der Waals surface area contributed by atoms with Crippen LogP contribution in [0.15, 0.2) is 24.3 Å². The largest absolute Gasteiger partial charge is 0.382 e. The van der Waals surface area contributed by atoms with Crippen LogP contribution >= 0.6 is 23.2 Å². The lowest BCUT2D eigenvalue weighted by molar-refractivity contribution is 0.625. The van der Waals surface area contributed by atoms with E-state index in [1.54, 1.807) is 12.1 Å². The Hall–Kier alpha value is -1.39. The van der Waals surface area contributed by atoms with Crippen molar-refractivity contribution < 1.29 is 4.39 Å². The van der Waals surface area contributed by atoms with Gasteiger partial charge in [0.1, 0.15) is 5.82 Å². The molecule has 19 heavy (non-hydrogen) atoms. The van der Waals surface area contributed by atoms with Crippen molar-refractivity contribution in [1.82, 2.24) is 10.2 Å². The van der Waals surface area contributed by atoms with Crippen LogP contribution in [-0.4, -0.2) is 16.7 Å². The number of hydrogen-bond donors (Lipinski definition) is 1. The maximum atomic E-state index is 13.0. The van der Waals surface area contributed by atoms with Crippen LogP contribution in [0.4, 0.5) is 10.1 Å². The first-order valence-corrected chi connectivity index (χ1v) is 6.49. The molecule has 2 rings (SSSR count). The Morgan fingerprint density at radius 1 is 1.21 bits per heavy atom. The first-order chi connectivity index (χ1) is 9.06. The SMILES string of the molecule is Cc1cc(F)ccc1CCNc1cc(Cl)nnc1Cl. The quantitative estimate of drug-likeness (QED) is 0.931. The molecule has 0 unspecified atom stereocenters. The highest BCUT2D eigenvalue weighted by Crippen LogP contribution is 2.20. The van der Waals surface area contributed by atoms with Gasteiger partial charge in [-0.15, -0.1) is 10.2 Å². The fraction of sp³-hybridized carbons (Fsp3) is 0.231. The van der Waals surface area contributed by atoms with Crippen molar-refractivity contribution in [1.29, 1.82) is 0 Å². The van der Waals surface area contributed by atoms with Gasteiger partial charge in [0.25, 0.3) is 0 Å². The van der Waals surface area contributed by atoms with Crippen LogP contribution in [0.5, 0.6) is 0 Å². The lowest BCUT2D eigenvalue weighted by atomic mass is 10.1. The Morgan fingerprint density at radius 2 is 2.00 bits per heavy atom. The van der Waals surface area contributed by atoms with Gasteiger partial charge in [0.05, 0.1) is 5.69 Å². The third-order valence-electron chi connectivity index (χ3n) is 2.73. The molecule has 1 aromatic carbocycles. The topological polar surface area (TPSA) is 37.8 Å². The second-order valence-electron chi connectivity index (χ2n) is 4.12. The normalized spacial score (nSPS) is 10.5. The van der Waals surface area contributed by atoms with Gasteiger partial charge in [-0.3, -0.25) is 0 Å². The van der Waals surface area contributed by atoms with Gasteiger partial charge in [-0.25, -0.2) is 4.39 Å². The molecule has 0 amide bonds. The molecule has 0 aliphatic carbocycles. The standard InChI is InChI=1S/C13H12Cl2FN3/c1-8-6-10(16)3-2-9(8)4-5-17-11-7-12(14)18-19-13(11)15/h2-3,6-7H,4-5H2,1H3,(H,17,18). The van der Waals surface area contributed by atoms with Crippen LogP contribution in [0.3, 0.4) is 0 Å². The Labute approximate surface area is 120 Å². The molecule has 0 saturated carbocycles. The minimum absolute atomic E-state index is 0.220. The van der Waals surface area contributed by atoms with Gasteiger partial charge in [0, 0.05) is 12.6 Å². The van der Waals surface area contributed by atoms with E-state index in [4.69, 9.17) is 23.2 Å². The Bertz CT molecular complexity index is 590. The van der Waals surface area contributed by atoms with Gasteiger partial charge in [-0.05, 0) is 36.6 Å². The van der Waals surface area contributed by atoms with Gasteiger partial charge in [-0.1, -0.05) is 29.3 Å². The van der Waals surface area contributed by atoms with Crippen molar-refractivity contribution in [2.75, 3.05) is 11.9 Å². The van der Waals surface area contributed by atoms with Gasteiger partial charge in [-0.2, -0.15) is 0 Å². The van der Waals surface area contributed by atoms with E-state index in [-0.39, 0.29) is 16.1 Å². The van der Waals surface area contributed by atoms with E-state index in [0.717, 1.165) is 17.5 Å². The van der Waals surface area contributed by atoms with E-state index in [9.17, 15) is 4.39 Å². The number of nitrogens with one attached hydrogen (secondary N) is 1. The van der Waals surface area contributed by atoms with Crippen LogP contribution in [0, 0.1) is 12.7 Å². The molecule has 1 N–H and O–H groups in total. The van der Waals surface area contributed by atoms with Crippen LogP contribution in [0.1, 0.15) is 11.1 Å². The van der Waals surface area contributed by atoms with E-state index in [1.807, 2.05) is 6.92 Å². The number of hydrogen-bond acceptors (Lipinski definition) is 3. The summed E-state index contributed by atoms with van der Waals surface area (Å²) in [5, 5.41) is 11.0. The number of aromatic nitrogens is 2. The molecule has 6 heteroatoms. The molecule has 0 aliphatic heterocycles. The summed E-state index contributed by atoms with van der Waals surface area (Å²) >= 11 is 11.6. The third-order valence-corrected chi connectivity index (χ3v) is 3.20. The van der Waals surface area contributed by atoms with Gasteiger partial charge in [0.15, 0.2) is 10.3 Å². The maximum absolute atomic E-state index is 13.0. The van der Waals surface area contributed by atoms with E-state index in [2.05, 4.69) is 15.5 Å². The van der Waals surface area contributed by atoms with Crippen molar-refractivity contribution in [3.8, 4) is 0 Å². The molecule has 0 fully saturated rings. The minimum Gasteiger partial charge on any atom is -0.382 e. The second kappa shape index (κ2) is 6.17. The van der Waals surface area contributed by atoms with E-state index in [0.29, 0.717) is 12.2 Å². The number of benzene rings is 1. The molecule has 0 saturated heterocycles. The number of halogens is 3. The summed E-state index contributed by atoms with van der Waals surface area (Å²) in [6, 6.07) is 6.38. The minimum atomic E-state index is -0.220. The fourth-order valence-electron chi connectivity index (χ4n) is 1.75. The van der Waals surface area contributed by atoms with Gasteiger partial charge < -0.3 is 5.32 Å². The molecule has 1 heterocycles. The van der Waals surface area contributed by atoms with E-state index in [1.165, 1.54) is 12.1 Å². The zero-order chi connectivity index (χ0) is 13.8. The predicted molar refractivity (Wildman–Crippen MR) is 75.4 cm³/mol. The first kappa shape index (κ1) is 14.0. The summed E-state index contributed by atoms with van der Waals surface area (Å²) < 4.78 is 13.0. The molecule has 0 atom stereocenters. The molecule has 0 spiro atoms. The summed E-state index contributed by atoms with van der Waals surface area (Å²) in [7, 11) is 0. The summed E-state index contributed by atoms with van der Waals surface area (Å²) in [6.07, 6.45) is 0.752. The molecular formula is C13H12Cl2FN3. The Kier molecular flexibility index (Phi) is 4.56. The Balaban J connectivity index is 1.98. The maximum Gasteiger partial charge on any atom is 0.174 e. The second-order valence-corrected chi connectivity index (χ2v) is 4.86. The zero-order valence-corrected chi connectivity index (χ0v) is 11.8. The van der Waals surface area contributed by atoms with Crippen LogP contribution < -0.4 is 5.32 Å². The highest BCUT2D eigenvalue weighted by Gasteiger charge is 2.04. The molecule has 0 radical (unpaired) electrons. The highest BCUT2D eigenvalue weighted by molar-refractivity contribution is 6.33. The van der Waals surface area contributed by atoms with Crippen molar-refractivity contribution >= 4 is 28.9 Å². The summed E-state index contributed by atoms with van der Waals surface area (Å²) in [4.78, 5) is 0. The van der Waals surface area contributed by atoms with Crippen molar-refractivity contribution in [2.45, 2.75) is 13.3 Å². The van der Waals surface area contributed by atoms with Gasteiger partial charge in [0.2, 0.25) is 0 Å². The third kappa shape index (κ3) is 3.78. The molecule has 3 nitrogen and oxygen atoms in total. The first-order valence-electron chi connectivity index (χ1n) is 5.74. The Morgan fingerprint density at radius 3 is 2.74 bits per heavy atom. The van der Waals surface area contributed by atoms with Crippen LogP contribution in [0.25, 0.3) is 0 Å². The summed E-state index contributed by atoms with van der Waals surface area (Å²) in [6.45, 7) is 2.53. The molecule has 100 valence electrons. The van der Waals surface area contributed by atoms with Crippen LogP contribution in [-0.2, 0) is 6.42 Å². The van der Waals surface area contributed by atoms with Crippen LogP contribution in [0.2, 0.25) is 10.3 Å². The fourth-order valence-corrected chi connectivity index (χ4v) is 2.05. The summed E-state index contributed by atoms with van der Waals surface area (Å²) in [5.41, 5.74) is 2.65. The zero-order valence-electron chi connectivity index (χ0n) is 10.3. The van der Waals surface area contributed by atoms with Crippen molar-refractivity contribution in [3.05, 3.63) is 51.5 Å². The highest BCUT2D eigenvalue weighted by atomic mass is 35.5. The number of anilines is 1. The lowest BCUT2D eigenvalue weighted by Crippen LogP contribution is -2.07. The smallest absolute Gasteiger partial charge is 0.174 e. The van der Waals surface area contributed by atoms with E-state index < -0.39 is 0 Å². The predicted octanol–water partition coefficient (Wildman–Crippen LogP) is 3.89. The monoisotopic (exact) mass is 299 g/mol. The van der Waals surface area contributed by atoms with Crippen molar-refractivity contribution in [2.24, 2.45) is 0 Å². The molecular weight excluding hydrogens is 288 g/mol. The van der Waals surface area contributed by atoms with Crippen molar-refractivity contribution in [3.63, 3.8) is 0 Å². The summed E-state index contributed by atoms with van der Waals surface area (Å²) in [5.74, 6) is -0.220. The average molecular weight is 300 g/mol.